The summed E-state index contributed by atoms with van der Waals surface area (Å²) in [6, 6.07) is 1.24. The topological polar surface area (TPSA) is 24.5 Å². The van der Waals surface area contributed by atoms with Gasteiger partial charge in [-0.25, -0.2) is 0 Å². The number of hydrogen-bond donors (Lipinski definition) is 1. The molecule has 2 aliphatic heterocycles. The van der Waals surface area contributed by atoms with Gasteiger partial charge in [0, 0.05) is 12.1 Å². The summed E-state index contributed by atoms with van der Waals surface area (Å²) in [6.07, 6.45) is 3.80. The Labute approximate surface area is 125 Å². The smallest absolute Gasteiger partial charge is 0.0789 e. The highest BCUT2D eigenvalue weighted by molar-refractivity contribution is 5.01. The monoisotopic (exact) mass is 282 g/mol. The van der Waals surface area contributed by atoms with Crippen LogP contribution in [0, 0.1) is 5.92 Å². The van der Waals surface area contributed by atoms with Crippen LogP contribution in [0.4, 0.5) is 0 Å². The molecule has 0 saturated carbocycles. The number of rotatable bonds is 4. The van der Waals surface area contributed by atoms with Gasteiger partial charge in [-0.2, -0.15) is 0 Å². The van der Waals surface area contributed by atoms with Gasteiger partial charge in [-0.1, -0.05) is 6.92 Å². The molecular formula is C17H34N2O. The highest BCUT2D eigenvalue weighted by atomic mass is 16.5. The lowest BCUT2D eigenvalue weighted by molar-refractivity contribution is -0.0829. The predicted octanol–water partition coefficient (Wildman–Crippen LogP) is 3.04. The van der Waals surface area contributed by atoms with E-state index in [2.05, 4.69) is 51.8 Å². The molecule has 0 amide bonds. The van der Waals surface area contributed by atoms with Crippen LogP contribution < -0.4 is 5.32 Å². The molecule has 0 aromatic rings. The second-order valence-corrected chi connectivity index (χ2v) is 7.90. The minimum atomic E-state index is -0.0103. The quantitative estimate of drug-likeness (QED) is 0.858. The highest BCUT2D eigenvalue weighted by Gasteiger charge is 2.48. The van der Waals surface area contributed by atoms with Gasteiger partial charge < -0.3 is 10.1 Å². The molecule has 2 saturated heterocycles. The Morgan fingerprint density at radius 3 is 2.25 bits per heavy atom. The first-order chi connectivity index (χ1) is 9.25. The maximum atomic E-state index is 6.26. The second-order valence-electron chi connectivity index (χ2n) is 7.90. The average Bonchev–Trinajstić information content (AvgIpc) is 2.58. The van der Waals surface area contributed by atoms with Gasteiger partial charge in [-0.05, 0) is 79.4 Å². The average molecular weight is 282 g/mol. The molecule has 20 heavy (non-hydrogen) atoms. The summed E-state index contributed by atoms with van der Waals surface area (Å²) in [7, 11) is 0. The van der Waals surface area contributed by atoms with Gasteiger partial charge in [0.15, 0.2) is 0 Å². The van der Waals surface area contributed by atoms with Crippen LogP contribution in [-0.4, -0.2) is 47.8 Å². The van der Waals surface area contributed by atoms with E-state index < -0.39 is 0 Å². The highest BCUT2D eigenvalue weighted by Crippen LogP contribution is 2.41. The molecule has 2 heterocycles. The number of nitrogens with one attached hydrogen (secondary N) is 1. The first kappa shape index (κ1) is 16.3. The summed E-state index contributed by atoms with van der Waals surface area (Å²) in [6.45, 7) is 17.1. The van der Waals surface area contributed by atoms with Crippen molar-refractivity contribution in [3.05, 3.63) is 0 Å². The zero-order chi connectivity index (χ0) is 15.0. The molecule has 0 spiro atoms. The van der Waals surface area contributed by atoms with Gasteiger partial charge in [0.25, 0.3) is 0 Å². The standard InChI is InChI=1S/C17H34N2O/c1-7-18-13(2)14-8-10-19(11-9-14)15-12-16(3,4)20-17(15,5)6/h13-15,18H,7-12H2,1-6H3. The van der Waals surface area contributed by atoms with Crippen molar-refractivity contribution in [2.24, 2.45) is 5.92 Å². The lowest BCUT2D eigenvalue weighted by Crippen LogP contribution is -2.51. The number of likely N-dealkylation sites (tertiary alicyclic amines) is 1. The van der Waals surface area contributed by atoms with Crippen LogP contribution in [0.3, 0.4) is 0 Å². The Bertz CT molecular complexity index is 319. The van der Waals surface area contributed by atoms with Gasteiger partial charge >= 0.3 is 0 Å². The van der Waals surface area contributed by atoms with Crippen LogP contribution in [0.2, 0.25) is 0 Å². The van der Waals surface area contributed by atoms with E-state index in [4.69, 9.17) is 4.74 Å². The molecule has 0 bridgehead atoms. The number of nitrogens with zero attached hydrogens (tertiary/aromatic N) is 1. The van der Waals surface area contributed by atoms with Crippen molar-refractivity contribution in [2.75, 3.05) is 19.6 Å². The minimum absolute atomic E-state index is 0.0103. The fraction of sp³-hybridized carbons (Fsp3) is 1.00. The molecule has 1 N–H and O–H groups in total. The molecule has 0 aliphatic carbocycles. The van der Waals surface area contributed by atoms with E-state index >= 15 is 0 Å². The zero-order valence-electron chi connectivity index (χ0n) is 14.3. The van der Waals surface area contributed by atoms with Gasteiger partial charge in [-0.15, -0.1) is 0 Å². The third kappa shape index (κ3) is 3.55. The summed E-state index contributed by atoms with van der Waals surface area (Å²) in [5, 5.41) is 3.59. The normalized spacial score (nSPS) is 32.4. The van der Waals surface area contributed by atoms with Gasteiger partial charge in [0.05, 0.1) is 11.2 Å². The van der Waals surface area contributed by atoms with E-state index in [1.54, 1.807) is 0 Å². The Kier molecular flexibility index (Phi) is 4.83. The first-order valence-electron chi connectivity index (χ1n) is 8.43. The molecule has 0 aromatic heterocycles. The van der Waals surface area contributed by atoms with Crippen LogP contribution >= 0.6 is 0 Å². The molecule has 0 aromatic carbocycles. The van der Waals surface area contributed by atoms with E-state index in [0.29, 0.717) is 12.1 Å². The Balaban J connectivity index is 1.91. The lowest BCUT2D eigenvalue weighted by Gasteiger charge is -2.42. The van der Waals surface area contributed by atoms with Crippen molar-refractivity contribution < 1.29 is 4.74 Å². The van der Waals surface area contributed by atoms with E-state index in [9.17, 15) is 0 Å². The molecular weight excluding hydrogens is 248 g/mol. The summed E-state index contributed by atoms with van der Waals surface area (Å²) in [5.74, 6) is 0.838. The third-order valence-electron chi connectivity index (χ3n) is 5.27. The fourth-order valence-corrected chi connectivity index (χ4v) is 4.32. The number of ether oxygens (including phenoxy) is 1. The maximum absolute atomic E-state index is 6.26. The third-order valence-corrected chi connectivity index (χ3v) is 5.27. The lowest BCUT2D eigenvalue weighted by atomic mass is 9.86. The van der Waals surface area contributed by atoms with Crippen molar-refractivity contribution in [1.29, 1.82) is 0 Å². The Hall–Kier alpha value is -0.120. The molecule has 2 fully saturated rings. The molecule has 2 rings (SSSR count). The van der Waals surface area contributed by atoms with Crippen molar-refractivity contribution in [2.45, 2.75) is 84.1 Å². The summed E-state index contributed by atoms with van der Waals surface area (Å²) >= 11 is 0. The van der Waals surface area contributed by atoms with Crippen LogP contribution in [0.15, 0.2) is 0 Å². The van der Waals surface area contributed by atoms with Crippen LogP contribution in [0.5, 0.6) is 0 Å². The van der Waals surface area contributed by atoms with Crippen LogP contribution in [0.1, 0.15) is 60.8 Å². The van der Waals surface area contributed by atoms with E-state index in [-0.39, 0.29) is 11.2 Å². The van der Waals surface area contributed by atoms with E-state index in [1.165, 1.54) is 25.9 Å². The van der Waals surface area contributed by atoms with Crippen LogP contribution in [-0.2, 0) is 4.74 Å². The van der Waals surface area contributed by atoms with Crippen molar-refractivity contribution >= 4 is 0 Å². The first-order valence-corrected chi connectivity index (χ1v) is 8.43. The molecule has 2 aliphatic rings. The van der Waals surface area contributed by atoms with E-state index in [1.807, 2.05) is 0 Å². The second kappa shape index (κ2) is 5.94. The minimum Gasteiger partial charge on any atom is -0.368 e. The molecule has 2 atom stereocenters. The van der Waals surface area contributed by atoms with Crippen molar-refractivity contribution in [3.8, 4) is 0 Å². The predicted molar refractivity (Wildman–Crippen MR) is 85.1 cm³/mol. The van der Waals surface area contributed by atoms with Gasteiger partial charge in [0.2, 0.25) is 0 Å². The van der Waals surface area contributed by atoms with Crippen LogP contribution in [0.25, 0.3) is 0 Å². The summed E-state index contributed by atoms with van der Waals surface area (Å²) in [5.41, 5.74) is 0.0195. The van der Waals surface area contributed by atoms with Gasteiger partial charge in [-0.3, -0.25) is 4.90 Å². The molecule has 2 unspecified atom stereocenters. The molecule has 3 heteroatoms. The van der Waals surface area contributed by atoms with E-state index in [0.717, 1.165) is 18.9 Å². The Morgan fingerprint density at radius 1 is 1.20 bits per heavy atom. The summed E-state index contributed by atoms with van der Waals surface area (Å²) < 4.78 is 6.26. The maximum Gasteiger partial charge on any atom is 0.0789 e. The van der Waals surface area contributed by atoms with Crippen molar-refractivity contribution in [3.63, 3.8) is 0 Å². The molecule has 0 radical (unpaired) electrons. The molecule has 118 valence electrons. The van der Waals surface area contributed by atoms with Gasteiger partial charge in [0.1, 0.15) is 0 Å². The SMILES string of the molecule is CCNC(C)C1CCN(C2CC(C)(C)OC2(C)C)CC1. The Morgan fingerprint density at radius 2 is 1.80 bits per heavy atom. The number of piperidine rings is 1. The fourth-order valence-electron chi connectivity index (χ4n) is 4.32. The molecule has 3 nitrogen and oxygen atoms in total. The largest absolute Gasteiger partial charge is 0.368 e. The number of hydrogen-bond acceptors (Lipinski definition) is 3. The van der Waals surface area contributed by atoms with Crippen molar-refractivity contribution in [1.82, 2.24) is 10.2 Å². The zero-order valence-corrected chi connectivity index (χ0v) is 14.3. The summed E-state index contributed by atoms with van der Waals surface area (Å²) in [4.78, 5) is 2.68.